The number of hydrogen-bond acceptors (Lipinski definition) is 6. The molecule has 0 aliphatic heterocycles. The molecule has 0 saturated heterocycles. The van der Waals surface area contributed by atoms with E-state index in [9.17, 15) is 13.5 Å². The molecule has 0 radical (unpaired) electrons. The van der Waals surface area contributed by atoms with Crippen molar-refractivity contribution in [2.75, 3.05) is 26.8 Å². The van der Waals surface area contributed by atoms with Gasteiger partial charge in [0.15, 0.2) is 0 Å². The predicted molar refractivity (Wildman–Crippen MR) is 149 cm³/mol. The zero-order chi connectivity index (χ0) is 26.5. The first-order chi connectivity index (χ1) is 18.5. The molecule has 7 nitrogen and oxygen atoms in total. The number of benzene rings is 4. The fourth-order valence-electron chi connectivity index (χ4n) is 4.46. The first-order valence-corrected chi connectivity index (χ1v) is 13.9. The van der Waals surface area contributed by atoms with Gasteiger partial charge < -0.3 is 24.9 Å². The van der Waals surface area contributed by atoms with E-state index in [1.54, 1.807) is 43.5 Å². The maximum absolute atomic E-state index is 12.9. The van der Waals surface area contributed by atoms with Crippen LogP contribution < -0.4 is 14.8 Å². The molecule has 5 rings (SSSR count). The van der Waals surface area contributed by atoms with Crippen LogP contribution in [0.15, 0.2) is 101 Å². The summed E-state index contributed by atoms with van der Waals surface area (Å²) in [5.74, 6) is 1.35. The molecule has 1 atom stereocenters. The maximum Gasteiger partial charge on any atom is 0.206 e. The number of H-pyrrole nitrogens is 1. The summed E-state index contributed by atoms with van der Waals surface area (Å²) in [5, 5.41) is 15.8. The lowest BCUT2D eigenvalue weighted by atomic mass is 10.1. The Morgan fingerprint density at radius 2 is 1.55 bits per heavy atom. The van der Waals surface area contributed by atoms with Crippen LogP contribution in [-0.4, -0.2) is 51.4 Å². The third-order valence-corrected chi connectivity index (χ3v) is 8.28. The minimum Gasteiger partial charge on any atom is -0.497 e. The molecule has 4 aromatic carbocycles. The highest BCUT2D eigenvalue weighted by Crippen LogP contribution is 2.33. The van der Waals surface area contributed by atoms with E-state index in [1.165, 1.54) is 0 Å². The summed E-state index contributed by atoms with van der Waals surface area (Å²) in [6.45, 7) is 1.19. The molecule has 0 amide bonds. The predicted octanol–water partition coefficient (Wildman–Crippen LogP) is 4.73. The SMILES string of the molecule is COc1ccc(S(=O)(=O)c2ccc(CCNC[C@H](O)COc3cccc4[nH]c5ccccc5c34)cc2)cc1. The lowest BCUT2D eigenvalue weighted by Crippen LogP contribution is -2.32. The Kier molecular flexibility index (Phi) is 7.64. The van der Waals surface area contributed by atoms with E-state index in [0.29, 0.717) is 25.3 Å². The molecule has 0 aliphatic carbocycles. The summed E-state index contributed by atoms with van der Waals surface area (Å²) in [7, 11) is -2.05. The number of hydrogen-bond donors (Lipinski definition) is 3. The molecule has 0 bridgehead atoms. The Morgan fingerprint density at radius 1 is 0.868 bits per heavy atom. The minimum absolute atomic E-state index is 0.170. The van der Waals surface area contributed by atoms with E-state index >= 15 is 0 Å². The monoisotopic (exact) mass is 530 g/mol. The van der Waals surface area contributed by atoms with Gasteiger partial charge in [-0.1, -0.05) is 36.4 Å². The highest BCUT2D eigenvalue weighted by atomic mass is 32.2. The van der Waals surface area contributed by atoms with E-state index in [1.807, 2.05) is 48.5 Å². The Hall–Kier alpha value is -3.85. The van der Waals surface area contributed by atoms with Gasteiger partial charge in [-0.05, 0) is 73.1 Å². The van der Waals surface area contributed by atoms with Gasteiger partial charge in [-0.3, -0.25) is 0 Å². The Morgan fingerprint density at radius 3 is 2.29 bits per heavy atom. The molecule has 196 valence electrons. The van der Waals surface area contributed by atoms with Crippen molar-refractivity contribution in [2.24, 2.45) is 0 Å². The average Bonchev–Trinajstić information content (AvgIpc) is 3.34. The van der Waals surface area contributed by atoms with Crippen molar-refractivity contribution in [3.63, 3.8) is 0 Å². The van der Waals surface area contributed by atoms with Crippen molar-refractivity contribution in [2.45, 2.75) is 22.3 Å². The van der Waals surface area contributed by atoms with Gasteiger partial charge in [0.2, 0.25) is 9.84 Å². The topological polar surface area (TPSA) is 101 Å². The Bertz CT molecular complexity index is 1630. The first-order valence-electron chi connectivity index (χ1n) is 12.4. The molecule has 1 heterocycles. The molecule has 3 N–H and O–H groups in total. The average molecular weight is 531 g/mol. The van der Waals surface area contributed by atoms with Crippen molar-refractivity contribution in [1.82, 2.24) is 10.3 Å². The van der Waals surface area contributed by atoms with E-state index in [0.717, 1.165) is 33.1 Å². The summed E-state index contributed by atoms with van der Waals surface area (Å²) in [5.41, 5.74) is 3.05. The molecule has 1 aromatic heterocycles. The van der Waals surface area contributed by atoms with Crippen LogP contribution in [0.5, 0.6) is 11.5 Å². The van der Waals surface area contributed by atoms with Gasteiger partial charge in [0.25, 0.3) is 0 Å². The molecule has 0 saturated carbocycles. The van der Waals surface area contributed by atoms with Gasteiger partial charge in [0, 0.05) is 22.8 Å². The normalized spacial score (nSPS) is 12.6. The fraction of sp³-hybridized carbons (Fsp3) is 0.200. The number of methoxy groups -OCH3 is 1. The summed E-state index contributed by atoms with van der Waals surface area (Å²) >= 11 is 0. The van der Waals surface area contributed by atoms with Crippen molar-refractivity contribution >= 4 is 31.6 Å². The molecular weight excluding hydrogens is 500 g/mol. The number of para-hydroxylation sites is 1. The second kappa shape index (κ2) is 11.3. The summed E-state index contributed by atoms with van der Waals surface area (Å²) < 4.78 is 36.8. The summed E-state index contributed by atoms with van der Waals surface area (Å²) in [6, 6.07) is 27.2. The molecule has 5 aromatic rings. The quantitative estimate of drug-likeness (QED) is 0.214. The standard InChI is InChI=1S/C30H30N2O5S/c1-36-23-11-15-25(16-12-23)38(34,35)24-13-9-21(10-14-24)17-18-31-19-22(33)20-37-29-8-4-7-28-30(29)26-5-2-3-6-27(26)32-28/h2-16,22,31-33H,17-20H2,1H3/t22-/m0/s1. The number of aliphatic hydroxyl groups excluding tert-OH is 1. The minimum atomic E-state index is -3.59. The highest BCUT2D eigenvalue weighted by Gasteiger charge is 2.17. The van der Waals surface area contributed by atoms with E-state index in [4.69, 9.17) is 9.47 Å². The van der Waals surface area contributed by atoms with E-state index in [-0.39, 0.29) is 16.4 Å². The fourth-order valence-corrected chi connectivity index (χ4v) is 5.72. The number of aliphatic hydroxyl groups is 1. The molecule has 0 fully saturated rings. The first kappa shape index (κ1) is 25.8. The van der Waals surface area contributed by atoms with Crippen LogP contribution in [0.3, 0.4) is 0 Å². The van der Waals surface area contributed by atoms with Crippen molar-refractivity contribution < 1.29 is 23.0 Å². The lowest BCUT2D eigenvalue weighted by Gasteiger charge is -2.14. The lowest BCUT2D eigenvalue weighted by molar-refractivity contribution is 0.107. The van der Waals surface area contributed by atoms with E-state index in [2.05, 4.69) is 16.4 Å². The number of ether oxygens (including phenoxy) is 2. The number of fused-ring (bicyclic) bond motifs is 3. The smallest absolute Gasteiger partial charge is 0.206 e. The van der Waals surface area contributed by atoms with Gasteiger partial charge in [0.1, 0.15) is 24.2 Å². The molecule has 38 heavy (non-hydrogen) atoms. The Labute approximate surface area is 222 Å². The van der Waals surface area contributed by atoms with Crippen LogP contribution in [0.4, 0.5) is 0 Å². The third kappa shape index (κ3) is 5.52. The number of aromatic nitrogens is 1. The van der Waals surface area contributed by atoms with Gasteiger partial charge in [-0.25, -0.2) is 8.42 Å². The number of rotatable bonds is 11. The van der Waals surface area contributed by atoms with Crippen LogP contribution in [-0.2, 0) is 16.3 Å². The van der Waals surface area contributed by atoms with Gasteiger partial charge in [-0.15, -0.1) is 0 Å². The van der Waals surface area contributed by atoms with Crippen LogP contribution in [0.2, 0.25) is 0 Å². The van der Waals surface area contributed by atoms with Crippen LogP contribution in [0.25, 0.3) is 21.8 Å². The molecule has 8 heteroatoms. The highest BCUT2D eigenvalue weighted by molar-refractivity contribution is 7.91. The van der Waals surface area contributed by atoms with Crippen LogP contribution >= 0.6 is 0 Å². The number of nitrogens with one attached hydrogen (secondary N) is 2. The van der Waals surface area contributed by atoms with E-state index < -0.39 is 15.9 Å². The van der Waals surface area contributed by atoms with Gasteiger partial charge >= 0.3 is 0 Å². The second-order valence-electron chi connectivity index (χ2n) is 9.09. The summed E-state index contributed by atoms with van der Waals surface area (Å²) in [6.07, 6.45) is 0.0259. The van der Waals surface area contributed by atoms with Gasteiger partial charge in [0.05, 0.1) is 22.4 Å². The largest absolute Gasteiger partial charge is 0.497 e. The van der Waals surface area contributed by atoms with Gasteiger partial charge in [-0.2, -0.15) is 0 Å². The zero-order valence-corrected chi connectivity index (χ0v) is 21.9. The molecule has 0 aliphatic rings. The Balaban J connectivity index is 1.11. The van der Waals surface area contributed by atoms with Crippen molar-refractivity contribution in [1.29, 1.82) is 0 Å². The number of sulfone groups is 1. The van der Waals surface area contributed by atoms with Crippen LogP contribution in [0, 0.1) is 0 Å². The van der Waals surface area contributed by atoms with Crippen LogP contribution in [0.1, 0.15) is 5.56 Å². The summed E-state index contributed by atoms with van der Waals surface area (Å²) in [4.78, 5) is 3.87. The molecule has 0 unspecified atom stereocenters. The van der Waals surface area contributed by atoms with Crippen molar-refractivity contribution in [3.05, 3.63) is 96.6 Å². The molecule has 0 spiro atoms. The zero-order valence-electron chi connectivity index (χ0n) is 21.1. The maximum atomic E-state index is 12.9. The third-order valence-electron chi connectivity index (χ3n) is 6.50. The number of aromatic amines is 1. The molecular formula is C30H30N2O5S. The second-order valence-corrected chi connectivity index (χ2v) is 11.0. The van der Waals surface area contributed by atoms with Crippen molar-refractivity contribution in [3.8, 4) is 11.5 Å².